The van der Waals surface area contributed by atoms with Crippen LogP contribution >= 0.6 is 46.6 Å². The van der Waals surface area contributed by atoms with E-state index in [2.05, 4.69) is 22.6 Å². The lowest BCUT2D eigenvalue weighted by Gasteiger charge is -2.06. The molecule has 1 fully saturated rings. The number of carboxylic acid groups (broad SMARTS) is 1. The van der Waals surface area contributed by atoms with E-state index >= 15 is 0 Å². The van der Waals surface area contributed by atoms with Gasteiger partial charge in [-0.3, -0.25) is 9.59 Å². The maximum absolute atomic E-state index is 12.3. The van der Waals surface area contributed by atoms with Crippen molar-refractivity contribution in [2.75, 3.05) is 0 Å². The van der Waals surface area contributed by atoms with Gasteiger partial charge in [-0.15, -0.1) is 0 Å². The quantitative estimate of drug-likeness (QED) is 0.202. The fourth-order valence-electron chi connectivity index (χ4n) is 2.53. The molecule has 0 bridgehead atoms. The molecule has 3 rings (SSSR count). The minimum Gasteiger partial charge on any atom is -0.481 e. The second kappa shape index (κ2) is 8.97. The molecule has 1 N–H and O–H groups in total. The average molecular weight is 524 g/mol. The summed E-state index contributed by atoms with van der Waals surface area (Å²) in [5.41, 5.74) is 1.21. The van der Waals surface area contributed by atoms with Crippen molar-refractivity contribution in [3.63, 3.8) is 0 Å². The normalized spacial score (nSPS) is 17.8. The molecule has 2 aromatic rings. The fourth-order valence-corrected chi connectivity index (χ4v) is 4.59. The number of allylic oxidation sites excluding steroid dienone is 1. The SMILES string of the molecule is O=C(O)CC1C(=O)/C(=C/c2ccc(OC(=O)c3ccccc3I)cc2)SC1=S. The summed E-state index contributed by atoms with van der Waals surface area (Å²) in [5, 5.41) is 8.90. The Labute approximate surface area is 184 Å². The summed E-state index contributed by atoms with van der Waals surface area (Å²) in [6.07, 6.45) is 1.36. The third kappa shape index (κ3) is 4.86. The number of esters is 1. The molecule has 2 aromatic carbocycles. The fraction of sp³-hybridized carbons (Fsp3) is 0.100. The smallest absolute Gasteiger partial charge is 0.344 e. The molecular weight excluding hydrogens is 511 g/mol. The highest BCUT2D eigenvalue weighted by molar-refractivity contribution is 14.1. The monoisotopic (exact) mass is 524 g/mol. The zero-order valence-electron chi connectivity index (χ0n) is 14.3. The topological polar surface area (TPSA) is 80.7 Å². The van der Waals surface area contributed by atoms with Crippen LogP contribution < -0.4 is 4.74 Å². The van der Waals surface area contributed by atoms with Gasteiger partial charge in [0.05, 0.1) is 27.0 Å². The number of benzene rings is 2. The van der Waals surface area contributed by atoms with Gasteiger partial charge in [0.15, 0.2) is 5.78 Å². The Morgan fingerprint density at radius 3 is 2.50 bits per heavy atom. The van der Waals surface area contributed by atoms with Gasteiger partial charge in [-0.1, -0.05) is 48.2 Å². The van der Waals surface area contributed by atoms with Gasteiger partial charge in [-0.05, 0) is 58.5 Å². The molecule has 1 heterocycles. The van der Waals surface area contributed by atoms with E-state index in [9.17, 15) is 14.4 Å². The van der Waals surface area contributed by atoms with E-state index < -0.39 is 17.9 Å². The van der Waals surface area contributed by atoms with Gasteiger partial charge in [0.2, 0.25) is 0 Å². The highest BCUT2D eigenvalue weighted by Gasteiger charge is 2.36. The Morgan fingerprint density at radius 2 is 1.86 bits per heavy atom. The number of ketones is 1. The van der Waals surface area contributed by atoms with E-state index in [1.54, 1.807) is 42.5 Å². The summed E-state index contributed by atoms with van der Waals surface area (Å²) in [4.78, 5) is 35.9. The number of thiocarbonyl (C=S) groups is 1. The molecular formula is C20H13IO5S2. The second-order valence-corrected chi connectivity index (χ2v) is 8.83. The first kappa shape index (κ1) is 20.7. The number of aliphatic carboxylic acids is 1. The highest BCUT2D eigenvalue weighted by Crippen LogP contribution is 2.37. The minimum absolute atomic E-state index is 0.272. The first-order valence-electron chi connectivity index (χ1n) is 8.11. The van der Waals surface area contributed by atoms with Gasteiger partial charge in [0.25, 0.3) is 0 Å². The highest BCUT2D eigenvalue weighted by atomic mass is 127. The van der Waals surface area contributed by atoms with Crippen molar-refractivity contribution in [1.82, 2.24) is 0 Å². The minimum atomic E-state index is -1.05. The third-order valence-corrected chi connectivity index (χ3v) is 6.42. The van der Waals surface area contributed by atoms with E-state index in [1.807, 2.05) is 12.1 Å². The first-order valence-corrected chi connectivity index (χ1v) is 10.4. The van der Waals surface area contributed by atoms with Crippen molar-refractivity contribution >= 4 is 74.6 Å². The van der Waals surface area contributed by atoms with E-state index in [-0.39, 0.29) is 12.2 Å². The van der Waals surface area contributed by atoms with E-state index in [1.165, 1.54) is 0 Å². The molecule has 28 heavy (non-hydrogen) atoms. The largest absolute Gasteiger partial charge is 0.481 e. The lowest BCUT2D eigenvalue weighted by atomic mass is 10.0. The number of rotatable bonds is 5. The molecule has 0 spiro atoms. The van der Waals surface area contributed by atoms with Gasteiger partial charge in [-0.25, -0.2) is 4.79 Å². The van der Waals surface area contributed by atoms with E-state index in [0.29, 0.717) is 20.4 Å². The van der Waals surface area contributed by atoms with E-state index in [4.69, 9.17) is 22.1 Å². The molecule has 142 valence electrons. The van der Waals surface area contributed by atoms with Gasteiger partial charge < -0.3 is 9.84 Å². The van der Waals surface area contributed by atoms with Crippen molar-refractivity contribution in [2.45, 2.75) is 6.42 Å². The van der Waals surface area contributed by atoms with Crippen molar-refractivity contribution in [1.29, 1.82) is 0 Å². The number of carboxylic acids is 1. The van der Waals surface area contributed by atoms with Crippen molar-refractivity contribution in [3.05, 3.63) is 68.1 Å². The van der Waals surface area contributed by atoms with E-state index in [0.717, 1.165) is 20.9 Å². The Hall–Kier alpha value is -2.04. The van der Waals surface area contributed by atoms with Crippen LogP contribution in [0.3, 0.4) is 0 Å². The molecule has 0 aromatic heterocycles. The number of Topliss-reactive ketones (excluding diaryl/α,β-unsaturated/α-hetero) is 1. The molecule has 1 aliphatic rings. The Bertz CT molecular complexity index is 998. The molecule has 0 aliphatic carbocycles. The number of carbonyl (C=O) groups excluding carboxylic acids is 2. The van der Waals surface area contributed by atoms with Crippen molar-refractivity contribution < 1.29 is 24.2 Å². The maximum Gasteiger partial charge on any atom is 0.344 e. The molecule has 0 amide bonds. The van der Waals surface area contributed by atoms with Crippen LogP contribution in [0.4, 0.5) is 0 Å². The molecule has 5 nitrogen and oxygen atoms in total. The number of carbonyl (C=O) groups is 3. The molecule has 1 unspecified atom stereocenters. The van der Waals surface area contributed by atoms with Crippen molar-refractivity contribution in [3.8, 4) is 5.75 Å². The molecule has 0 saturated carbocycles. The van der Waals surface area contributed by atoms with Crippen LogP contribution in [-0.2, 0) is 9.59 Å². The Kier molecular flexibility index (Phi) is 6.63. The van der Waals surface area contributed by atoms with Crippen molar-refractivity contribution in [2.24, 2.45) is 5.92 Å². The van der Waals surface area contributed by atoms with Gasteiger partial charge >= 0.3 is 11.9 Å². The lowest BCUT2D eigenvalue weighted by Crippen LogP contribution is -2.17. The number of thioether (sulfide) groups is 1. The molecule has 8 heteroatoms. The number of ether oxygens (including phenoxy) is 1. The summed E-state index contributed by atoms with van der Waals surface area (Å²) in [5.74, 6) is -2.15. The summed E-state index contributed by atoms with van der Waals surface area (Å²) < 4.78 is 6.56. The Balaban J connectivity index is 1.71. The second-order valence-electron chi connectivity index (χ2n) is 5.88. The van der Waals surface area contributed by atoms with Crippen LogP contribution in [0.5, 0.6) is 5.75 Å². The van der Waals surface area contributed by atoms with Crippen LogP contribution in [0, 0.1) is 9.49 Å². The number of halogens is 1. The predicted molar refractivity (Wildman–Crippen MR) is 119 cm³/mol. The molecule has 1 atom stereocenters. The first-order chi connectivity index (χ1) is 13.3. The van der Waals surface area contributed by atoms with Gasteiger partial charge in [-0.2, -0.15) is 0 Å². The van der Waals surface area contributed by atoms with Gasteiger partial charge in [0.1, 0.15) is 5.75 Å². The maximum atomic E-state index is 12.3. The summed E-state index contributed by atoms with van der Waals surface area (Å²) in [6, 6.07) is 13.8. The van der Waals surface area contributed by atoms with Crippen LogP contribution in [0.2, 0.25) is 0 Å². The zero-order chi connectivity index (χ0) is 20.3. The predicted octanol–water partition coefficient (Wildman–Crippen LogP) is 4.59. The van der Waals surface area contributed by atoms with Crippen LogP contribution in [-0.4, -0.2) is 27.0 Å². The van der Waals surface area contributed by atoms with Crippen LogP contribution in [0.1, 0.15) is 22.3 Å². The number of hydrogen-bond donors (Lipinski definition) is 1. The summed E-state index contributed by atoms with van der Waals surface area (Å²) >= 11 is 8.33. The molecule has 1 aliphatic heterocycles. The van der Waals surface area contributed by atoms with Crippen LogP contribution in [0.15, 0.2) is 53.4 Å². The average Bonchev–Trinajstić information content (AvgIpc) is 2.90. The molecule has 0 radical (unpaired) electrons. The summed E-state index contributed by atoms with van der Waals surface area (Å²) in [6.45, 7) is 0. The Morgan fingerprint density at radius 1 is 1.18 bits per heavy atom. The van der Waals surface area contributed by atoms with Crippen LogP contribution in [0.25, 0.3) is 6.08 Å². The zero-order valence-corrected chi connectivity index (χ0v) is 18.0. The standard InChI is InChI=1S/C20H13IO5S2/c21-15-4-2-1-3-13(15)19(25)26-12-7-5-11(6-8-12)9-16-18(24)14(10-17(22)23)20(27)28-16/h1-9,14H,10H2,(H,22,23)/b16-9-. The third-order valence-electron chi connectivity index (χ3n) is 3.92. The summed E-state index contributed by atoms with van der Waals surface area (Å²) in [7, 11) is 0. The number of hydrogen-bond acceptors (Lipinski definition) is 6. The lowest BCUT2D eigenvalue weighted by molar-refractivity contribution is -0.139. The molecule has 1 saturated heterocycles. The van der Waals surface area contributed by atoms with Gasteiger partial charge in [0, 0.05) is 3.57 Å².